The molecule has 32 heavy (non-hydrogen) atoms. The van der Waals surface area contributed by atoms with Crippen molar-refractivity contribution in [3.8, 4) is 17.2 Å². The van der Waals surface area contributed by atoms with Gasteiger partial charge in [0.2, 0.25) is 11.6 Å². The molecule has 1 amide bonds. The van der Waals surface area contributed by atoms with Crippen molar-refractivity contribution in [2.75, 3.05) is 20.8 Å². The molecule has 0 bridgehead atoms. The van der Waals surface area contributed by atoms with Crippen molar-refractivity contribution >= 4 is 23.9 Å². The first-order valence-corrected chi connectivity index (χ1v) is 8.99. The topological polar surface area (TPSA) is 109 Å². The Morgan fingerprint density at radius 1 is 1.12 bits per heavy atom. The van der Waals surface area contributed by atoms with Crippen LogP contribution in [0.5, 0.6) is 17.2 Å². The van der Waals surface area contributed by atoms with Crippen molar-refractivity contribution in [2.24, 2.45) is 10.7 Å². The first kappa shape index (κ1) is 22.7. The number of esters is 1. The zero-order valence-corrected chi connectivity index (χ0v) is 16.9. The number of ether oxygens (including phenoxy) is 4. The van der Waals surface area contributed by atoms with Crippen molar-refractivity contribution in [1.82, 2.24) is 0 Å². The molecule has 1 aliphatic heterocycles. The summed E-state index contributed by atoms with van der Waals surface area (Å²) in [4.78, 5) is 27.3. The van der Waals surface area contributed by atoms with Crippen LogP contribution >= 0.6 is 0 Å². The van der Waals surface area contributed by atoms with Crippen LogP contribution in [0.4, 0.5) is 13.2 Å². The second-order valence-corrected chi connectivity index (χ2v) is 6.42. The van der Waals surface area contributed by atoms with Gasteiger partial charge in [0, 0.05) is 5.56 Å². The number of primary amides is 1. The second-order valence-electron chi connectivity index (χ2n) is 6.42. The number of carbonyl (C=O) groups is 2. The molecule has 11 heteroatoms. The summed E-state index contributed by atoms with van der Waals surface area (Å²) < 4.78 is 59.1. The highest BCUT2D eigenvalue weighted by Crippen LogP contribution is 2.39. The van der Waals surface area contributed by atoms with Gasteiger partial charge in [-0.3, -0.25) is 4.79 Å². The summed E-state index contributed by atoms with van der Waals surface area (Å²) in [5.74, 6) is -1.06. The third-order valence-corrected chi connectivity index (χ3v) is 4.22. The summed E-state index contributed by atoms with van der Waals surface area (Å²) in [6.45, 7) is -0.403. The lowest BCUT2D eigenvalue weighted by Crippen LogP contribution is -2.20. The number of halogens is 3. The van der Waals surface area contributed by atoms with Gasteiger partial charge in [0.15, 0.2) is 23.8 Å². The van der Waals surface area contributed by atoms with Crippen LogP contribution < -0.4 is 19.9 Å². The molecule has 0 spiro atoms. The lowest BCUT2D eigenvalue weighted by Gasteiger charge is -2.14. The fourth-order valence-corrected chi connectivity index (χ4v) is 2.76. The maximum Gasteiger partial charge on any atom is 0.416 e. The minimum Gasteiger partial charge on any atom is -0.493 e. The number of hydrogen-bond donors (Lipinski definition) is 1. The summed E-state index contributed by atoms with van der Waals surface area (Å²) in [5.41, 5.74) is 4.80. The maximum atomic E-state index is 12.7. The number of nitrogens with two attached hydrogens (primary N) is 1. The molecule has 1 aliphatic rings. The summed E-state index contributed by atoms with van der Waals surface area (Å²) in [6, 6.07) is 7.07. The Bertz CT molecular complexity index is 1080. The van der Waals surface area contributed by atoms with E-state index in [0.29, 0.717) is 5.56 Å². The Morgan fingerprint density at radius 3 is 2.22 bits per heavy atom. The third kappa shape index (κ3) is 4.99. The van der Waals surface area contributed by atoms with Gasteiger partial charge in [0.25, 0.3) is 5.91 Å². The minimum atomic E-state index is -4.48. The van der Waals surface area contributed by atoms with Gasteiger partial charge in [0.1, 0.15) is 0 Å². The molecule has 0 aliphatic carbocycles. The van der Waals surface area contributed by atoms with Crippen molar-refractivity contribution in [1.29, 1.82) is 0 Å². The van der Waals surface area contributed by atoms with Crippen molar-refractivity contribution in [3.05, 3.63) is 58.8 Å². The summed E-state index contributed by atoms with van der Waals surface area (Å²) in [6.07, 6.45) is -3.11. The zero-order chi connectivity index (χ0) is 23.5. The Kier molecular flexibility index (Phi) is 6.37. The zero-order valence-electron chi connectivity index (χ0n) is 16.9. The molecular formula is C21H17F3N2O6. The average Bonchev–Trinajstić information content (AvgIpc) is 3.11. The Balaban J connectivity index is 1.92. The number of cyclic esters (lactones) is 1. The van der Waals surface area contributed by atoms with Gasteiger partial charge in [-0.1, -0.05) is 0 Å². The van der Waals surface area contributed by atoms with Crippen LogP contribution in [-0.4, -0.2) is 38.6 Å². The van der Waals surface area contributed by atoms with Gasteiger partial charge in [-0.15, -0.1) is 0 Å². The number of amides is 1. The number of rotatable bonds is 7. The van der Waals surface area contributed by atoms with E-state index in [1.165, 1.54) is 32.4 Å². The number of benzene rings is 2. The first-order chi connectivity index (χ1) is 15.1. The number of aliphatic imine (C=N–C) groups is 1. The number of carbonyl (C=O) groups excluding carboxylic acids is 2. The molecule has 0 fully saturated rings. The van der Waals surface area contributed by atoms with Crippen LogP contribution in [0.15, 0.2) is 47.1 Å². The molecule has 2 aromatic carbocycles. The Hall–Kier alpha value is -4.02. The number of nitrogens with zero attached hydrogens (tertiary/aromatic N) is 1. The normalized spacial score (nSPS) is 14.7. The lowest BCUT2D eigenvalue weighted by atomic mass is 10.1. The standard InChI is InChI=1S/C21H17F3N2O6/c1-29-15-8-11(9-16(30-2)18(15)31-10-17(25)27)7-14-20(28)32-19(26-14)12-3-5-13(6-4-12)21(22,23)24/h3-9H,10H2,1-2H3,(H2,25,27)/b14-7-. The van der Waals surface area contributed by atoms with E-state index in [1.807, 2.05) is 0 Å². The van der Waals surface area contributed by atoms with Gasteiger partial charge in [0.05, 0.1) is 19.8 Å². The molecule has 8 nitrogen and oxygen atoms in total. The van der Waals surface area contributed by atoms with Crippen molar-refractivity contribution in [2.45, 2.75) is 6.18 Å². The average molecular weight is 450 g/mol. The highest BCUT2D eigenvalue weighted by Gasteiger charge is 2.31. The van der Waals surface area contributed by atoms with E-state index in [0.717, 1.165) is 24.3 Å². The maximum absolute atomic E-state index is 12.7. The fourth-order valence-electron chi connectivity index (χ4n) is 2.76. The van der Waals surface area contributed by atoms with Crippen LogP contribution in [0.1, 0.15) is 16.7 Å². The number of hydrogen-bond acceptors (Lipinski definition) is 7. The molecule has 0 aromatic heterocycles. The third-order valence-electron chi connectivity index (χ3n) is 4.22. The minimum absolute atomic E-state index is 0.0881. The van der Waals surface area contributed by atoms with Crippen LogP contribution in [0.2, 0.25) is 0 Å². The predicted octanol–water partition coefficient (Wildman–Crippen LogP) is 2.93. The molecule has 0 saturated heterocycles. The summed E-state index contributed by atoms with van der Waals surface area (Å²) >= 11 is 0. The quantitative estimate of drug-likeness (QED) is 0.513. The Labute approximate surface area is 180 Å². The van der Waals surface area contributed by atoms with E-state index in [-0.39, 0.29) is 34.4 Å². The van der Waals surface area contributed by atoms with E-state index >= 15 is 0 Å². The van der Waals surface area contributed by atoms with Gasteiger partial charge in [-0.25, -0.2) is 9.79 Å². The van der Waals surface area contributed by atoms with Crippen LogP contribution in [0.25, 0.3) is 6.08 Å². The molecule has 0 saturated carbocycles. The predicted molar refractivity (Wildman–Crippen MR) is 106 cm³/mol. The smallest absolute Gasteiger partial charge is 0.416 e. The van der Waals surface area contributed by atoms with Crippen molar-refractivity contribution in [3.63, 3.8) is 0 Å². The van der Waals surface area contributed by atoms with Gasteiger partial charge in [-0.2, -0.15) is 13.2 Å². The van der Waals surface area contributed by atoms with Crippen LogP contribution in [-0.2, 0) is 20.5 Å². The molecular weight excluding hydrogens is 433 g/mol. The Morgan fingerprint density at radius 2 is 1.72 bits per heavy atom. The summed E-state index contributed by atoms with van der Waals surface area (Å²) in [5, 5.41) is 0. The molecule has 2 N–H and O–H groups in total. The van der Waals surface area contributed by atoms with Gasteiger partial charge in [-0.05, 0) is 48.0 Å². The first-order valence-electron chi connectivity index (χ1n) is 8.99. The number of methoxy groups -OCH3 is 2. The number of alkyl halides is 3. The van der Waals surface area contributed by atoms with Crippen LogP contribution in [0, 0.1) is 0 Å². The van der Waals surface area contributed by atoms with Gasteiger partial charge < -0.3 is 24.7 Å². The SMILES string of the molecule is COc1cc(/C=C2\N=C(c3ccc(C(F)(F)F)cc3)OC2=O)cc(OC)c1OCC(N)=O. The monoisotopic (exact) mass is 450 g/mol. The summed E-state index contributed by atoms with van der Waals surface area (Å²) in [7, 11) is 2.74. The van der Waals surface area contributed by atoms with Crippen LogP contribution in [0.3, 0.4) is 0 Å². The lowest BCUT2D eigenvalue weighted by molar-refractivity contribution is -0.137. The van der Waals surface area contributed by atoms with E-state index in [9.17, 15) is 22.8 Å². The van der Waals surface area contributed by atoms with E-state index in [4.69, 9.17) is 24.7 Å². The van der Waals surface area contributed by atoms with Gasteiger partial charge >= 0.3 is 12.1 Å². The van der Waals surface area contributed by atoms with E-state index in [2.05, 4.69) is 4.99 Å². The molecule has 2 aromatic rings. The molecule has 0 unspecified atom stereocenters. The van der Waals surface area contributed by atoms with E-state index < -0.39 is 30.2 Å². The van der Waals surface area contributed by atoms with E-state index in [1.54, 1.807) is 0 Å². The highest BCUT2D eigenvalue weighted by atomic mass is 19.4. The highest BCUT2D eigenvalue weighted by molar-refractivity contribution is 6.12. The second kappa shape index (κ2) is 9.00. The van der Waals surface area contributed by atoms with Crippen molar-refractivity contribution < 1.29 is 41.7 Å². The molecule has 1 heterocycles. The molecule has 168 valence electrons. The fraction of sp³-hybridized carbons (Fsp3) is 0.190. The molecule has 0 atom stereocenters. The molecule has 3 rings (SSSR count). The molecule has 0 radical (unpaired) electrons. The largest absolute Gasteiger partial charge is 0.493 e.